The molecule has 0 aromatic heterocycles. The van der Waals surface area contributed by atoms with Gasteiger partial charge >= 0.3 is 0 Å². The van der Waals surface area contributed by atoms with Crippen LogP contribution >= 0.6 is 11.8 Å². The van der Waals surface area contributed by atoms with Crippen LogP contribution in [-0.2, 0) is 0 Å². The molecular weight excluding hydrogens is 168 g/mol. The van der Waals surface area contributed by atoms with Gasteiger partial charge in [-0.15, -0.1) is 0 Å². The minimum atomic E-state index is -0.0704. The molecule has 0 aliphatic rings. The number of hydrogen-bond donors (Lipinski definition) is 1. The lowest BCUT2D eigenvalue weighted by molar-refractivity contribution is 0.140. The molecule has 0 bridgehead atoms. The molecule has 0 saturated carbocycles. The first-order valence-corrected chi connectivity index (χ1v) is 6.27. The predicted octanol–water partition coefficient (Wildman–Crippen LogP) is 2.93. The Morgan fingerprint density at radius 3 is 2.50 bits per heavy atom. The van der Waals surface area contributed by atoms with Gasteiger partial charge in [-0.25, -0.2) is 0 Å². The third kappa shape index (κ3) is 6.99. The fourth-order valence-electron chi connectivity index (χ4n) is 1.45. The van der Waals surface area contributed by atoms with Crippen LogP contribution < -0.4 is 0 Å². The van der Waals surface area contributed by atoms with Gasteiger partial charge in [-0.3, -0.25) is 0 Å². The van der Waals surface area contributed by atoms with Crippen LogP contribution in [0.4, 0.5) is 0 Å². The van der Waals surface area contributed by atoms with E-state index in [-0.39, 0.29) is 6.10 Å². The summed E-state index contributed by atoms with van der Waals surface area (Å²) in [6, 6.07) is 0. The monoisotopic (exact) mass is 190 g/mol. The van der Waals surface area contributed by atoms with Gasteiger partial charge in [-0.2, -0.15) is 11.8 Å². The molecule has 0 aliphatic heterocycles. The zero-order valence-electron chi connectivity index (χ0n) is 8.55. The van der Waals surface area contributed by atoms with Gasteiger partial charge in [0.25, 0.3) is 0 Å². The molecule has 2 heteroatoms. The van der Waals surface area contributed by atoms with E-state index < -0.39 is 0 Å². The van der Waals surface area contributed by atoms with E-state index in [0.717, 1.165) is 18.6 Å². The fourth-order valence-corrected chi connectivity index (χ4v) is 1.95. The highest BCUT2D eigenvalue weighted by molar-refractivity contribution is 7.98. The van der Waals surface area contributed by atoms with Crippen molar-refractivity contribution in [3.63, 3.8) is 0 Å². The number of rotatable bonds is 7. The van der Waals surface area contributed by atoms with Gasteiger partial charge in [0.2, 0.25) is 0 Å². The minimum Gasteiger partial charge on any atom is -0.393 e. The first-order chi connectivity index (χ1) is 5.70. The topological polar surface area (TPSA) is 20.2 Å². The molecule has 0 heterocycles. The summed E-state index contributed by atoms with van der Waals surface area (Å²) in [6.07, 6.45) is 6.43. The SMILES string of the molecule is CCCC(C)CC(O)CCSC. The Morgan fingerprint density at radius 2 is 2.00 bits per heavy atom. The highest BCUT2D eigenvalue weighted by atomic mass is 32.2. The van der Waals surface area contributed by atoms with E-state index in [1.165, 1.54) is 12.8 Å². The van der Waals surface area contributed by atoms with Gasteiger partial charge in [0, 0.05) is 0 Å². The maximum atomic E-state index is 9.56. The number of aliphatic hydroxyl groups excluding tert-OH is 1. The Labute approximate surface area is 80.9 Å². The minimum absolute atomic E-state index is 0.0704. The second kappa shape index (κ2) is 7.93. The Morgan fingerprint density at radius 1 is 1.33 bits per heavy atom. The third-order valence-electron chi connectivity index (χ3n) is 2.11. The molecule has 74 valence electrons. The molecule has 0 rings (SSSR count). The summed E-state index contributed by atoms with van der Waals surface area (Å²) in [5.41, 5.74) is 0. The lowest BCUT2D eigenvalue weighted by Gasteiger charge is -2.14. The molecule has 1 nitrogen and oxygen atoms in total. The largest absolute Gasteiger partial charge is 0.393 e. The van der Waals surface area contributed by atoms with E-state index >= 15 is 0 Å². The van der Waals surface area contributed by atoms with E-state index in [0.29, 0.717) is 5.92 Å². The van der Waals surface area contributed by atoms with Crippen molar-refractivity contribution in [2.24, 2.45) is 5.92 Å². The van der Waals surface area contributed by atoms with Gasteiger partial charge in [0.1, 0.15) is 0 Å². The van der Waals surface area contributed by atoms with Crippen LogP contribution in [0.25, 0.3) is 0 Å². The molecule has 0 spiro atoms. The molecule has 0 fully saturated rings. The molecule has 2 atom stereocenters. The van der Waals surface area contributed by atoms with Gasteiger partial charge < -0.3 is 5.11 Å². The summed E-state index contributed by atoms with van der Waals surface area (Å²) in [7, 11) is 0. The van der Waals surface area contributed by atoms with Crippen LogP contribution in [0, 0.1) is 5.92 Å². The van der Waals surface area contributed by atoms with E-state index in [4.69, 9.17) is 0 Å². The maximum absolute atomic E-state index is 9.56. The van der Waals surface area contributed by atoms with Crippen molar-refractivity contribution in [1.82, 2.24) is 0 Å². The number of thioether (sulfide) groups is 1. The summed E-state index contributed by atoms with van der Waals surface area (Å²) in [5.74, 6) is 1.77. The lowest BCUT2D eigenvalue weighted by Crippen LogP contribution is -2.12. The summed E-state index contributed by atoms with van der Waals surface area (Å²) >= 11 is 1.81. The Bertz CT molecular complexity index is 95.8. The zero-order valence-corrected chi connectivity index (χ0v) is 9.36. The van der Waals surface area contributed by atoms with Crippen molar-refractivity contribution in [3.8, 4) is 0 Å². The lowest BCUT2D eigenvalue weighted by atomic mass is 9.98. The second-order valence-corrected chi connectivity index (χ2v) is 4.55. The quantitative estimate of drug-likeness (QED) is 0.666. The summed E-state index contributed by atoms with van der Waals surface area (Å²) < 4.78 is 0. The first kappa shape index (κ1) is 12.3. The van der Waals surface area contributed by atoms with Crippen molar-refractivity contribution in [2.75, 3.05) is 12.0 Å². The van der Waals surface area contributed by atoms with Gasteiger partial charge in [-0.1, -0.05) is 26.7 Å². The summed E-state index contributed by atoms with van der Waals surface area (Å²) in [6.45, 7) is 4.43. The van der Waals surface area contributed by atoms with E-state index in [9.17, 15) is 5.11 Å². The summed E-state index contributed by atoms with van der Waals surface area (Å²) in [4.78, 5) is 0. The zero-order chi connectivity index (χ0) is 9.40. The smallest absolute Gasteiger partial charge is 0.0550 e. The maximum Gasteiger partial charge on any atom is 0.0550 e. The van der Waals surface area contributed by atoms with E-state index in [2.05, 4.69) is 20.1 Å². The van der Waals surface area contributed by atoms with Crippen LogP contribution in [0.15, 0.2) is 0 Å². The van der Waals surface area contributed by atoms with Crippen molar-refractivity contribution >= 4 is 11.8 Å². The van der Waals surface area contributed by atoms with E-state index in [1.807, 2.05) is 11.8 Å². The molecule has 0 aliphatic carbocycles. The molecule has 0 amide bonds. The van der Waals surface area contributed by atoms with E-state index in [1.54, 1.807) is 0 Å². The van der Waals surface area contributed by atoms with Crippen molar-refractivity contribution in [2.45, 2.75) is 45.6 Å². The summed E-state index contributed by atoms with van der Waals surface area (Å²) in [5, 5.41) is 9.56. The standard InChI is InChI=1S/C10H22OS/c1-4-5-9(2)8-10(11)6-7-12-3/h9-11H,4-8H2,1-3H3. The molecule has 0 aromatic rings. The van der Waals surface area contributed by atoms with Crippen LogP contribution in [-0.4, -0.2) is 23.2 Å². The van der Waals surface area contributed by atoms with Crippen LogP contribution in [0.3, 0.4) is 0 Å². The van der Waals surface area contributed by atoms with Crippen LogP contribution in [0.2, 0.25) is 0 Å². The Balaban J connectivity index is 3.33. The van der Waals surface area contributed by atoms with Crippen molar-refractivity contribution < 1.29 is 5.11 Å². The van der Waals surface area contributed by atoms with Gasteiger partial charge in [0.05, 0.1) is 6.10 Å². The van der Waals surface area contributed by atoms with Gasteiger partial charge in [0.15, 0.2) is 0 Å². The average Bonchev–Trinajstić information content (AvgIpc) is 2.01. The van der Waals surface area contributed by atoms with Crippen LogP contribution in [0.5, 0.6) is 0 Å². The highest BCUT2D eigenvalue weighted by Crippen LogP contribution is 2.15. The average molecular weight is 190 g/mol. The van der Waals surface area contributed by atoms with Crippen molar-refractivity contribution in [3.05, 3.63) is 0 Å². The molecule has 0 saturated heterocycles. The number of hydrogen-bond acceptors (Lipinski definition) is 2. The highest BCUT2D eigenvalue weighted by Gasteiger charge is 2.08. The molecule has 12 heavy (non-hydrogen) atoms. The molecule has 1 N–H and O–H groups in total. The molecule has 0 radical (unpaired) electrons. The molecule has 0 aromatic carbocycles. The van der Waals surface area contributed by atoms with Crippen LogP contribution in [0.1, 0.15) is 39.5 Å². The second-order valence-electron chi connectivity index (χ2n) is 3.56. The third-order valence-corrected chi connectivity index (χ3v) is 2.76. The normalized spacial score (nSPS) is 16.0. The Hall–Kier alpha value is 0.310. The Kier molecular flexibility index (Phi) is 8.14. The van der Waals surface area contributed by atoms with Gasteiger partial charge in [-0.05, 0) is 30.8 Å². The van der Waals surface area contributed by atoms with Crippen molar-refractivity contribution in [1.29, 1.82) is 0 Å². The molecule has 2 unspecified atom stereocenters. The predicted molar refractivity (Wildman–Crippen MR) is 57.7 cm³/mol. The first-order valence-electron chi connectivity index (χ1n) is 4.87. The molecular formula is C10H22OS. The number of aliphatic hydroxyl groups is 1. The fraction of sp³-hybridized carbons (Fsp3) is 1.00.